The Bertz CT molecular complexity index is 1090. The molecule has 4 rings (SSSR count). The number of rotatable bonds is 5. The van der Waals surface area contributed by atoms with Crippen LogP contribution in [0, 0.1) is 19.3 Å². The Balaban J connectivity index is 1.65. The highest BCUT2D eigenvalue weighted by atomic mass is 16.5. The lowest BCUT2D eigenvalue weighted by atomic mass is 9.74. The van der Waals surface area contributed by atoms with E-state index in [1.165, 1.54) is 11.1 Å². The molecule has 0 unspecified atom stereocenters. The van der Waals surface area contributed by atoms with E-state index in [2.05, 4.69) is 29.0 Å². The summed E-state index contributed by atoms with van der Waals surface area (Å²) >= 11 is 0. The minimum absolute atomic E-state index is 0.121. The average Bonchev–Trinajstić information content (AvgIpc) is 3.15. The van der Waals surface area contributed by atoms with Crippen molar-refractivity contribution >= 4 is 5.97 Å². The molecule has 30 heavy (non-hydrogen) atoms. The molecular weight excluding hydrogens is 378 g/mol. The predicted molar refractivity (Wildman–Crippen MR) is 114 cm³/mol. The normalized spacial score (nSPS) is 15.1. The molecule has 0 saturated carbocycles. The van der Waals surface area contributed by atoms with Crippen LogP contribution in [0.25, 0.3) is 22.8 Å². The number of fused-ring (bicyclic) bond motifs is 1. The van der Waals surface area contributed by atoms with Crippen molar-refractivity contribution < 1.29 is 14.4 Å². The molecule has 6 heteroatoms. The number of hydrogen-bond acceptors (Lipinski definition) is 5. The van der Waals surface area contributed by atoms with E-state index in [1.54, 1.807) is 0 Å². The van der Waals surface area contributed by atoms with E-state index in [9.17, 15) is 4.79 Å². The number of aromatic nitrogens is 3. The fraction of sp³-hybridized carbons (Fsp3) is 0.417. The second-order valence-electron chi connectivity index (χ2n) is 9.07. The van der Waals surface area contributed by atoms with Gasteiger partial charge in [-0.2, -0.15) is 4.98 Å². The first-order valence-corrected chi connectivity index (χ1v) is 10.4. The van der Waals surface area contributed by atoms with Gasteiger partial charge in [-0.05, 0) is 84.9 Å². The van der Waals surface area contributed by atoms with E-state index in [4.69, 9.17) is 9.63 Å². The molecule has 3 aromatic rings. The number of carboxylic acids is 1. The van der Waals surface area contributed by atoms with Crippen molar-refractivity contribution in [1.82, 2.24) is 15.1 Å². The summed E-state index contributed by atoms with van der Waals surface area (Å²) in [5, 5.41) is 13.2. The summed E-state index contributed by atoms with van der Waals surface area (Å²) in [5.74, 6) is 0.248. The van der Waals surface area contributed by atoms with Gasteiger partial charge in [0.15, 0.2) is 0 Å². The lowest BCUT2D eigenvalue weighted by Gasteiger charge is -2.31. The summed E-state index contributed by atoms with van der Waals surface area (Å²) in [4.78, 5) is 20.0. The largest absolute Gasteiger partial charge is 0.481 e. The number of aliphatic carboxylic acids is 1. The number of carbonyl (C=O) groups is 1. The van der Waals surface area contributed by atoms with Crippen molar-refractivity contribution in [2.24, 2.45) is 5.41 Å². The molecule has 0 radical (unpaired) electrons. The third-order valence-electron chi connectivity index (χ3n) is 6.07. The lowest BCUT2D eigenvalue weighted by molar-refractivity contribution is -0.136. The molecule has 1 aromatic carbocycles. The van der Waals surface area contributed by atoms with E-state index in [0.717, 1.165) is 47.1 Å². The Hall–Kier alpha value is -3.02. The maximum absolute atomic E-state index is 10.9. The summed E-state index contributed by atoms with van der Waals surface area (Å²) in [7, 11) is 0. The third-order valence-corrected chi connectivity index (χ3v) is 6.07. The molecule has 0 fully saturated rings. The maximum Gasteiger partial charge on any atom is 0.303 e. The minimum Gasteiger partial charge on any atom is -0.481 e. The van der Waals surface area contributed by atoms with Crippen molar-refractivity contribution in [3.63, 3.8) is 0 Å². The third kappa shape index (κ3) is 3.99. The molecule has 156 valence electrons. The van der Waals surface area contributed by atoms with Crippen LogP contribution in [0.1, 0.15) is 54.5 Å². The van der Waals surface area contributed by atoms with Crippen molar-refractivity contribution in [3.8, 4) is 22.8 Å². The first-order chi connectivity index (χ1) is 14.2. The number of pyridine rings is 1. The van der Waals surface area contributed by atoms with Crippen LogP contribution < -0.4 is 0 Å². The standard InChI is InChI=1S/C24H27N3O3/c1-14-9-16(10-15(2)18(14)5-6-21(28)29)22-26-23(30-27-22)20-13-25-12-17-11-24(3,4)8-7-19(17)20/h9-10,12-13H,5-8,11H2,1-4H3,(H,28,29). The summed E-state index contributed by atoms with van der Waals surface area (Å²) in [5.41, 5.74) is 7.75. The van der Waals surface area contributed by atoms with Gasteiger partial charge in [0.2, 0.25) is 5.82 Å². The molecule has 1 aliphatic carbocycles. The van der Waals surface area contributed by atoms with Crippen LogP contribution in [0.15, 0.2) is 29.0 Å². The molecular formula is C24H27N3O3. The van der Waals surface area contributed by atoms with E-state index in [1.807, 2.05) is 38.4 Å². The zero-order valence-electron chi connectivity index (χ0n) is 18.0. The van der Waals surface area contributed by atoms with Gasteiger partial charge in [0, 0.05) is 24.4 Å². The van der Waals surface area contributed by atoms with Gasteiger partial charge in [-0.15, -0.1) is 0 Å². The van der Waals surface area contributed by atoms with E-state index >= 15 is 0 Å². The SMILES string of the molecule is Cc1cc(-c2noc(-c3cncc4c3CCC(C)(C)C4)n2)cc(C)c1CCC(=O)O. The van der Waals surface area contributed by atoms with Gasteiger partial charge < -0.3 is 9.63 Å². The van der Waals surface area contributed by atoms with Crippen LogP contribution >= 0.6 is 0 Å². The van der Waals surface area contributed by atoms with Crippen molar-refractivity contribution in [2.75, 3.05) is 0 Å². The molecule has 0 aliphatic heterocycles. The molecule has 0 bridgehead atoms. The Labute approximate surface area is 176 Å². The predicted octanol–water partition coefficient (Wildman–Crippen LogP) is 4.95. The van der Waals surface area contributed by atoms with Gasteiger partial charge in [0.1, 0.15) is 0 Å². The fourth-order valence-electron chi connectivity index (χ4n) is 4.43. The van der Waals surface area contributed by atoms with E-state index in [0.29, 0.717) is 18.1 Å². The molecule has 2 aromatic heterocycles. The second-order valence-corrected chi connectivity index (χ2v) is 9.07. The van der Waals surface area contributed by atoms with Crippen LogP contribution in [-0.4, -0.2) is 26.2 Å². The van der Waals surface area contributed by atoms with Crippen LogP contribution in [0.3, 0.4) is 0 Å². The molecule has 0 amide bonds. The topological polar surface area (TPSA) is 89.1 Å². The monoisotopic (exact) mass is 405 g/mol. The minimum atomic E-state index is -0.788. The number of benzene rings is 1. The molecule has 1 aliphatic rings. The van der Waals surface area contributed by atoms with Crippen LogP contribution in [-0.2, 0) is 24.1 Å². The lowest BCUT2D eigenvalue weighted by Crippen LogP contribution is -2.22. The van der Waals surface area contributed by atoms with Crippen LogP contribution in [0.4, 0.5) is 0 Å². The van der Waals surface area contributed by atoms with E-state index < -0.39 is 5.97 Å². The highest BCUT2D eigenvalue weighted by Gasteiger charge is 2.28. The highest BCUT2D eigenvalue weighted by Crippen LogP contribution is 2.38. The Morgan fingerprint density at radius 2 is 1.93 bits per heavy atom. The molecule has 0 spiro atoms. The van der Waals surface area contributed by atoms with Crippen LogP contribution in [0.5, 0.6) is 0 Å². The quantitative estimate of drug-likeness (QED) is 0.646. The van der Waals surface area contributed by atoms with Crippen molar-refractivity contribution in [1.29, 1.82) is 0 Å². The Kier molecular flexibility index (Phi) is 5.18. The summed E-state index contributed by atoms with van der Waals surface area (Å²) in [6, 6.07) is 4.00. The fourth-order valence-corrected chi connectivity index (χ4v) is 4.43. The molecule has 0 atom stereocenters. The van der Waals surface area contributed by atoms with Gasteiger partial charge in [0.05, 0.1) is 5.56 Å². The molecule has 0 saturated heterocycles. The molecule has 1 N–H and O–H groups in total. The smallest absolute Gasteiger partial charge is 0.303 e. The summed E-state index contributed by atoms with van der Waals surface area (Å²) < 4.78 is 5.63. The Morgan fingerprint density at radius 3 is 2.63 bits per heavy atom. The average molecular weight is 405 g/mol. The zero-order chi connectivity index (χ0) is 21.5. The Morgan fingerprint density at radius 1 is 1.20 bits per heavy atom. The first kappa shape index (κ1) is 20.3. The second kappa shape index (κ2) is 7.67. The van der Waals surface area contributed by atoms with Gasteiger partial charge in [-0.3, -0.25) is 9.78 Å². The van der Waals surface area contributed by atoms with E-state index in [-0.39, 0.29) is 11.8 Å². The number of nitrogens with zero attached hydrogens (tertiary/aromatic N) is 3. The molecule has 2 heterocycles. The number of carboxylic acid groups (broad SMARTS) is 1. The maximum atomic E-state index is 10.9. The number of hydrogen-bond donors (Lipinski definition) is 1. The zero-order valence-corrected chi connectivity index (χ0v) is 18.0. The highest BCUT2D eigenvalue weighted by molar-refractivity contribution is 5.68. The number of aryl methyl sites for hydroxylation is 2. The first-order valence-electron chi connectivity index (χ1n) is 10.4. The molecule has 6 nitrogen and oxygen atoms in total. The van der Waals surface area contributed by atoms with Gasteiger partial charge in [0.25, 0.3) is 5.89 Å². The summed E-state index contributed by atoms with van der Waals surface area (Å²) in [6.07, 6.45) is 7.52. The van der Waals surface area contributed by atoms with Crippen LogP contribution in [0.2, 0.25) is 0 Å². The van der Waals surface area contributed by atoms with Gasteiger partial charge in [-0.1, -0.05) is 19.0 Å². The summed E-state index contributed by atoms with van der Waals surface area (Å²) in [6.45, 7) is 8.57. The van der Waals surface area contributed by atoms with Crippen molar-refractivity contribution in [2.45, 2.75) is 59.8 Å². The van der Waals surface area contributed by atoms with Gasteiger partial charge >= 0.3 is 5.97 Å². The van der Waals surface area contributed by atoms with Gasteiger partial charge in [-0.25, -0.2) is 0 Å². The van der Waals surface area contributed by atoms with Crippen molar-refractivity contribution in [3.05, 3.63) is 52.3 Å².